The summed E-state index contributed by atoms with van der Waals surface area (Å²) in [5.74, 6) is -2.35. The van der Waals surface area contributed by atoms with E-state index in [9.17, 15) is 29.8 Å². The summed E-state index contributed by atoms with van der Waals surface area (Å²) in [6, 6.07) is 7.33. The topological polar surface area (TPSA) is 139 Å². The second-order valence-corrected chi connectivity index (χ2v) is 5.13. The molecule has 0 unspecified atom stereocenters. The summed E-state index contributed by atoms with van der Waals surface area (Å²) < 4.78 is 9.62. The van der Waals surface area contributed by atoms with Gasteiger partial charge in [0.15, 0.2) is 0 Å². The van der Waals surface area contributed by atoms with Crippen LogP contribution in [0.1, 0.15) is 0 Å². The van der Waals surface area contributed by atoms with Crippen molar-refractivity contribution in [3.8, 4) is 22.6 Å². The molecule has 28 heavy (non-hydrogen) atoms. The van der Waals surface area contributed by atoms with E-state index in [1.165, 1.54) is 24.3 Å². The highest BCUT2D eigenvalue weighted by atomic mass is 16.6. The van der Waals surface area contributed by atoms with Crippen LogP contribution >= 0.6 is 0 Å². The lowest BCUT2D eigenvalue weighted by Crippen LogP contribution is -2.06. The number of nitro benzene ring substituents is 2. The van der Waals surface area contributed by atoms with E-state index in [0.29, 0.717) is 0 Å². The molecule has 0 aliphatic heterocycles. The summed E-state index contributed by atoms with van der Waals surface area (Å²) in [6.07, 6.45) is 1.70. The van der Waals surface area contributed by atoms with Gasteiger partial charge in [0, 0.05) is 24.3 Å². The smallest absolute Gasteiger partial charge is 0.335 e. The number of carbonyl (C=O) groups excluding carboxylic acids is 2. The monoisotopic (exact) mass is 384 g/mol. The Kier molecular flexibility index (Phi) is 5.96. The van der Waals surface area contributed by atoms with Crippen LogP contribution in [-0.4, -0.2) is 21.8 Å². The first-order valence-electron chi connectivity index (χ1n) is 7.52. The molecule has 2 aromatic carbocycles. The van der Waals surface area contributed by atoms with Gasteiger partial charge in [-0.2, -0.15) is 0 Å². The minimum absolute atomic E-state index is 0.245. The molecular weight excluding hydrogens is 372 g/mol. The van der Waals surface area contributed by atoms with Crippen molar-refractivity contribution in [1.82, 2.24) is 0 Å². The number of benzene rings is 2. The molecule has 0 fully saturated rings. The minimum Gasteiger partial charge on any atom is -0.416 e. The summed E-state index contributed by atoms with van der Waals surface area (Å²) >= 11 is 0. The lowest BCUT2D eigenvalue weighted by atomic mass is 10.0. The van der Waals surface area contributed by atoms with Gasteiger partial charge in [0.05, 0.1) is 9.85 Å². The zero-order valence-electron chi connectivity index (χ0n) is 14.2. The fourth-order valence-corrected chi connectivity index (χ4v) is 2.15. The number of hydrogen-bond acceptors (Lipinski definition) is 8. The molecule has 0 N–H and O–H groups in total. The molecule has 0 aliphatic carbocycles. The van der Waals surface area contributed by atoms with Crippen molar-refractivity contribution in [1.29, 1.82) is 0 Å². The fourth-order valence-electron chi connectivity index (χ4n) is 2.15. The molecule has 0 aromatic heterocycles. The molecular formula is C18H12N2O8. The van der Waals surface area contributed by atoms with E-state index in [-0.39, 0.29) is 22.6 Å². The highest BCUT2D eigenvalue weighted by Crippen LogP contribution is 2.36. The first-order valence-corrected chi connectivity index (χ1v) is 7.52. The van der Waals surface area contributed by atoms with Gasteiger partial charge in [-0.15, -0.1) is 0 Å². The summed E-state index contributed by atoms with van der Waals surface area (Å²) in [5, 5.41) is 22.5. The molecule has 0 saturated heterocycles. The van der Waals surface area contributed by atoms with Crippen molar-refractivity contribution in [3.63, 3.8) is 0 Å². The van der Waals surface area contributed by atoms with E-state index < -0.39 is 33.2 Å². The Balaban J connectivity index is 2.52. The van der Waals surface area contributed by atoms with Gasteiger partial charge in [-0.3, -0.25) is 20.2 Å². The van der Waals surface area contributed by atoms with Crippen LogP contribution in [0.3, 0.4) is 0 Å². The van der Waals surface area contributed by atoms with E-state index in [0.717, 1.165) is 24.3 Å². The van der Waals surface area contributed by atoms with Crippen molar-refractivity contribution >= 4 is 23.3 Å². The average molecular weight is 384 g/mol. The second-order valence-electron chi connectivity index (χ2n) is 5.13. The van der Waals surface area contributed by atoms with Crippen molar-refractivity contribution in [2.45, 2.75) is 0 Å². The van der Waals surface area contributed by atoms with Gasteiger partial charge in [0.2, 0.25) is 11.5 Å². The first kappa shape index (κ1) is 20.0. The number of ether oxygens (including phenoxy) is 2. The van der Waals surface area contributed by atoms with E-state index in [2.05, 4.69) is 13.2 Å². The molecule has 10 heteroatoms. The normalized spacial score (nSPS) is 9.86. The number of nitrogens with zero attached hydrogens (tertiary/aromatic N) is 2. The van der Waals surface area contributed by atoms with Crippen LogP contribution < -0.4 is 9.47 Å². The molecule has 10 nitrogen and oxygen atoms in total. The molecule has 0 amide bonds. The second kappa shape index (κ2) is 8.36. The lowest BCUT2D eigenvalue weighted by Gasteiger charge is -2.08. The van der Waals surface area contributed by atoms with Crippen molar-refractivity contribution in [2.24, 2.45) is 0 Å². The number of rotatable bonds is 7. The van der Waals surface area contributed by atoms with Crippen molar-refractivity contribution in [2.75, 3.05) is 0 Å². The van der Waals surface area contributed by atoms with Gasteiger partial charge >= 0.3 is 23.3 Å². The predicted molar refractivity (Wildman–Crippen MR) is 96.9 cm³/mol. The predicted octanol–water partition coefficient (Wildman–Crippen LogP) is 3.35. The SMILES string of the molecule is C=CC(=O)Oc1ccc(-c2ccc(OC(=O)C=C)c([N+](=O)[O-])c2)cc1[N+](=O)[O-]. The summed E-state index contributed by atoms with van der Waals surface area (Å²) in [7, 11) is 0. The first-order chi connectivity index (χ1) is 13.3. The highest BCUT2D eigenvalue weighted by molar-refractivity contribution is 5.85. The maximum absolute atomic E-state index is 11.3. The molecule has 2 aromatic rings. The van der Waals surface area contributed by atoms with Gasteiger partial charge in [0.1, 0.15) is 0 Å². The van der Waals surface area contributed by atoms with Crippen LogP contribution in [0, 0.1) is 20.2 Å². The Morgan fingerprint density at radius 3 is 1.43 bits per heavy atom. The van der Waals surface area contributed by atoms with E-state index in [1.54, 1.807) is 0 Å². The average Bonchev–Trinajstić information content (AvgIpc) is 2.67. The largest absolute Gasteiger partial charge is 0.416 e. The van der Waals surface area contributed by atoms with Crippen LogP contribution in [0.25, 0.3) is 11.1 Å². The van der Waals surface area contributed by atoms with Crippen molar-refractivity contribution < 1.29 is 28.9 Å². The van der Waals surface area contributed by atoms with Gasteiger partial charge in [0.25, 0.3) is 0 Å². The maximum Gasteiger partial charge on any atom is 0.335 e. The molecule has 0 spiro atoms. The fraction of sp³-hybridized carbons (Fsp3) is 0. The maximum atomic E-state index is 11.3. The van der Waals surface area contributed by atoms with E-state index in [1.807, 2.05) is 0 Å². The molecule has 2 rings (SSSR count). The molecule has 0 aliphatic rings. The Morgan fingerprint density at radius 1 is 0.786 bits per heavy atom. The van der Waals surface area contributed by atoms with Gasteiger partial charge in [-0.05, 0) is 23.3 Å². The van der Waals surface area contributed by atoms with Crippen LogP contribution in [0.15, 0.2) is 61.7 Å². The highest BCUT2D eigenvalue weighted by Gasteiger charge is 2.22. The van der Waals surface area contributed by atoms with Crippen LogP contribution in [0.4, 0.5) is 11.4 Å². The third-order valence-electron chi connectivity index (χ3n) is 3.40. The minimum atomic E-state index is -0.875. The Bertz CT molecular complexity index is 931. The molecule has 0 bridgehead atoms. The molecule has 0 radical (unpaired) electrons. The van der Waals surface area contributed by atoms with E-state index in [4.69, 9.17) is 9.47 Å². The quantitative estimate of drug-likeness (QED) is 0.233. The lowest BCUT2D eigenvalue weighted by molar-refractivity contribution is -0.385. The summed E-state index contributed by atoms with van der Waals surface area (Å²) in [6.45, 7) is 6.41. The molecule has 0 heterocycles. The Hall–Kier alpha value is -4.34. The zero-order valence-corrected chi connectivity index (χ0v) is 14.2. The number of carbonyl (C=O) groups is 2. The summed E-state index contributed by atoms with van der Waals surface area (Å²) in [5.41, 5.74) is -0.542. The third kappa shape index (κ3) is 4.43. The Labute approximate surface area is 157 Å². The molecule has 0 saturated carbocycles. The zero-order chi connectivity index (χ0) is 20.8. The standard InChI is InChI=1S/C18H12N2O8/c1-3-17(21)27-15-7-5-11(9-13(15)19(23)24)12-6-8-16(28-18(22)4-2)14(10-12)20(25)26/h3-10H,1-2H2. The van der Waals surface area contributed by atoms with Crippen LogP contribution in [-0.2, 0) is 9.59 Å². The molecule has 142 valence electrons. The van der Waals surface area contributed by atoms with Gasteiger partial charge in [-0.25, -0.2) is 9.59 Å². The number of esters is 2. The van der Waals surface area contributed by atoms with Gasteiger partial charge < -0.3 is 9.47 Å². The van der Waals surface area contributed by atoms with E-state index >= 15 is 0 Å². The third-order valence-corrected chi connectivity index (χ3v) is 3.40. The summed E-state index contributed by atoms with van der Waals surface area (Å²) in [4.78, 5) is 43.6. The van der Waals surface area contributed by atoms with Crippen LogP contribution in [0.5, 0.6) is 11.5 Å². The van der Waals surface area contributed by atoms with Crippen molar-refractivity contribution in [3.05, 3.63) is 81.9 Å². The van der Waals surface area contributed by atoms with Crippen LogP contribution in [0.2, 0.25) is 0 Å². The Morgan fingerprint density at radius 2 is 1.14 bits per heavy atom. The number of nitro groups is 2. The van der Waals surface area contributed by atoms with Gasteiger partial charge in [-0.1, -0.05) is 25.3 Å². The number of hydrogen-bond donors (Lipinski definition) is 0. The molecule has 0 atom stereocenters.